The zero-order valence-electron chi connectivity index (χ0n) is 9.29. The summed E-state index contributed by atoms with van der Waals surface area (Å²) in [4.78, 5) is 0. The van der Waals surface area contributed by atoms with Crippen LogP contribution in [0.1, 0.15) is 33.1 Å². The van der Waals surface area contributed by atoms with Gasteiger partial charge in [0.15, 0.2) is 0 Å². The molecule has 0 aromatic rings. The van der Waals surface area contributed by atoms with Crippen molar-refractivity contribution < 1.29 is 10.2 Å². The van der Waals surface area contributed by atoms with Gasteiger partial charge in [-0.2, -0.15) is 0 Å². The minimum atomic E-state index is -0.185. The smallest absolute Gasteiger partial charge is 0.0692 e. The normalized spacial score (nSPS) is 23.1. The standard InChI is InChI=1S/C11H23NO2/c1-3-11(2,8-13)7-12-6-10(14)9-4-5-9/h9-10,12-14H,3-8H2,1-2H3. The first-order valence-electron chi connectivity index (χ1n) is 5.61. The highest BCUT2D eigenvalue weighted by Crippen LogP contribution is 2.32. The molecule has 2 unspecified atom stereocenters. The maximum atomic E-state index is 9.61. The van der Waals surface area contributed by atoms with E-state index in [-0.39, 0.29) is 18.1 Å². The average Bonchev–Trinajstić information content (AvgIpc) is 3.00. The Labute approximate surface area is 86.5 Å². The number of aliphatic hydroxyl groups is 2. The van der Waals surface area contributed by atoms with E-state index in [4.69, 9.17) is 5.11 Å². The summed E-state index contributed by atoms with van der Waals surface area (Å²) >= 11 is 0. The van der Waals surface area contributed by atoms with Crippen molar-refractivity contribution in [3.63, 3.8) is 0 Å². The van der Waals surface area contributed by atoms with Crippen LogP contribution in [0.2, 0.25) is 0 Å². The van der Waals surface area contributed by atoms with Crippen molar-refractivity contribution in [3.8, 4) is 0 Å². The Hall–Kier alpha value is -0.120. The van der Waals surface area contributed by atoms with Crippen LogP contribution in [0, 0.1) is 11.3 Å². The Morgan fingerprint density at radius 3 is 2.57 bits per heavy atom. The lowest BCUT2D eigenvalue weighted by Gasteiger charge is -2.26. The van der Waals surface area contributed by atoms with Gasteiger partial charge in [0, 0.05) is 25.1 Å². The van der Waals surface area contributed by atoms with Crippen LogP contribution in [0.5, 0.6) is 0 Å². The summed E-state index contributed by atoms with van der Waals surface area (Å²) in [6, 6.07) is 0. The van der Waals surface area contributed by atoms with Crippen LogP contribution in [-0.2, 0) is 0 Å². The van der Waals surface area contributed by atoms with E-state index in [1.54, 1.807) is 0 Å². The van der Waals surface area contributed by atoms with Crippen molar-refractivity contribution in [1.29, 1.82) is 0 Å². The van der Waals surface area contributed by atoms with E-state index in [1.807, 2.05) is 0 Å². The maximum absolute atomic E-state index is 9.61. The summed E-state index contributed by atoms with van der Waals surface area (Å²) in [6.45, 7) is 5.79. The van der Waals surface area contributed by atoms with Crippen LogP contribution >= 0.6 is 0 Å². The molecular formula is C11H23NO2. The van der Waals surface area contributed by atoms with Crippen LogP contribution in [0.3, 0.4) is 0 Å². The molecule has 3 nitrogen and oxygen atoms in total. The van der Waals surface area contributed by atoms with Gasteiger partial charge in [-0.05, 0) is 25.2 Å². The highest BCUT2D eigenvalue weighted by Gasteiger charge is 2.29. The third kappa shape index (κ3) is 3.56. The van der Waals surface area contributed by atoms with Gasteiger partial charge in [0.1, 0.15) is 0 Å². The average molecular weight is 201 g/mol. The molecule has 84 valence electrons. The fourth-order valence-corrected chi connectivity index (χ4v) is 1.46. The summed E-state index contributed by atoms with van der Waals surface area (Å²) in [7, 11) is 0. The van der Waals surface area contributed by atoms with Gasteiger partial charge in [-0.15, -0.1) is 0 Å². The Bertz CT molecular complexity index is 165. The second-order valence-corrected chi connectivity index (χ2v) is 4.86. The van der Waals surface area contributed by atoms with Crippen LogP contribution in [0.4, 0.5) is 0 Å². The molecule has 0 spiro atoms. The molecule has 3 N–H and O–H groups in total. The molecule has 0 saturated heterocycles. The fraction of sp³-hybridized carbons (Fsp3) is 1.00. The van der Waals surface area contributed by atoms with Crippen molar-refractivity contribution in [2.75, 3.05) is 19.7 Å². The summed E-state index contributed by atoms with van der Waals surface area (Å²) in [6.07, 6.45) is 3.12. The molecule has 0 aliphatic heterocycles. The van der Waals surface area contributed by atoms with E-state index in [0.717, 1.165) is 13.0 Å². The zero-order chi connectivity index (χ0) is 10.6. The first-order valence-corrected chi connectivity index (χ1v) is 5.61. The number of hydrogen-bond donors (Lipinski definition) is 3. The molecule has 1 aliphatic carbocycles. The number of nitrogens with one attached hydrogen (secondary N) is 1. The van der Waals surface area contributed by atoms with Gasteiger partial charge in [-0.1, -0.05) is 13.8 Å². The molecule has 2 atom stereocenters. The summed E-state index contributed by atoms with van der Waals surface area (Å²) < 4.78 is 0. The molecule has 1 aliphatic rings. The van der Waals surface area contributed by atoms with Crippen LogP contribution in [0.15, 0.2) is 0 Å². The summed E-state index contributed by atoms with van der Waals surface area (Å²) in [5, 5.41) is 22.0. The third-order valence-electron chi connectivity index (χ3n) is 3.31. The highest BCUT2D eigenvalue weighted by atomic mass is 16.3. The Balaban J connectivity index is 2.12. The Morgan fingerprint density at radius 1 is 1.50 bits per heavy atom. The van der Waals surface area contributed by atoms with E-state index in [1.165, 1.54) is 12.8 Å². The minimum absolute atomic E-state index is 0.0384. The van der Waals surface area contributed by atoms with Crippen molar-refractivity contribution in [1.82, 2.24) is 5.32 Å². The molecule has 0 radical (unpaired) electrons. The Kier molecular flexibility index (Phi) is 4.35. The van der Waals surface area contributed by atoms with Crippen molar-refractivity contribution >= 4 is 0 Å². The topological polar surface area (TPSA) is 52.5 Å². The molecule has 14 heavy (non-hydrogen) atoms. The van der Waals surface area contributed by atoms with Crippen molar-refractivity contribution in [2.24, 2.45) is 11.3 Å². The van der Waals surface area contributed by atoms with E-state index in [9.17, 15) is 5.11 Å². The second-order valence-electron chi connectivity index (χ2n) is 4.86. The zero-order valence-corrected chi connectivity index (χ0v) is 9.29. The highest BCUT2D eigenvalue weighted by molar-refractivity contribution is 4.83. The van der Waals surface area contributed by atoms with Gasteiger partial charge in [0.25, 0.3) is 0 Å². The monoisotopic (exact) mass is 201 g/mol. The molecule has 0 amide bonds. The fourth-order valence-electron chi connectivity index (χ4n) is 1.46. The molecule has 3 heteroatoms. The van der Waals surface area contributed by atoms with Gasteiger partial charge in [0.05, 0.1) is 6.10 Å². The molecule has 1 saturated carbocycles. The number of aliphatic hydroxyl groups excluding tert-OH is 2. The first kappa shape index (κ1) is 12.0. The lowest BCUT2D eigenvalue weighted by atomic mass is 9.88. The number of hydrogen-bond acceptors (Lipinski definition) is 3. The molecule has 1 fully saturated rings. The van der Waals surface area contributed by atoms with E-state index < -0.39 is 0 Å². The molecule has 1 rings (SSSR count). The van der Waals surface area contributed by atoms with Gasteiger partial charge < -0.3 is 15.5 Å². The molecule has 0 aromatic heterocycles. The first-order chi connectivity index (χ1) is 6.61. The van der Waals surface area contributed by atoms with Crippen LogP contribution in [0.25, 0.3) is 0 Å². The molecule has 0 heterocycles. The van der Waals surface area contributed by atoms with E-state index in [2.05, 4.69) is 19.2 Å². The van der Waals surface area contributed by atoms with Gasteiger partial charge in [-0.25, -0.2) is 0 Å². The van der Waals surface area contributed by atoms with E-state index >= 15 is 0 Å². The van der Waals surface area contributed by atoms with Crippen LogP contribution < -0.4 is 5.32 Å². The predicted molar refractivity (Wildman–Crippen MR) is 57.1 cm³/mol. The summed E-state index contributed by atoms with van der Waals surface area (Å²) in [5.74, 6) is 0.532. The van der Waals surface area contributed by atoms with Gasteiger partial charge in [-0.3, -0.25) is 0 Å². The maximum Gasteiger partial charge on any atom is 0.0692 e. The van der Waals surface area contributed by atoms with Gasteiger partial charge in [0.2, 0.25) is 0 Å². The quantitative estimate of drug-likeness (QED) is 0.570. The van der Waals surface area contributed by atoms with Crippen LogP contribution in [-0.4, -0.2) is 36.0 Å². The molecule has 0 aromatic carbocycles. The van der Waals surface area contributed by atoms with E-state index in [0.29, 0.717) is 12.5 Å². The second kappa shape index (κ2) is 5.10. The summed E-state index contributed by atoms with van der Waals surface area (Å²) in [5.41, 5.74) is -0.0384. The predicted octanol–water partition coefficient (Wildman–Crippen LogP) is 0.755. The Morgan fingerprint density at radius 2 is 2.14 bits per heavy atom. The minimum Gasteiger partial charge on any atom is -0.396 e. The van der Waals surface area contributed by atoms with Gasteiger partial charge >= 0.3 is 0 Å². The third-order valence-corrected chi connectivity index (χ3v) is 3.31. The van der Waals surface area contributed by atoms with Crippen molar-refractivity contribution in [3.05, 3.63) is 0 Å². The molecular weight excluding hydrogens is 178 g/mol. The lowest BCUT2D eigenvalue weighted by molar-refractivity contribution is 0.115. The van der Waals surface area contributed by atoms with Crippen molar-refractivity contribution in [2.45, 2.75) is 39.2 Å². The largest absolute Gasteiger partial charge is 0.396 e. The molecule has 0 bridgehead atoms. The SMILES string of the molecule is CCC(C)(CO)CNCC(O)C1CC1. The lowest BCUT2D eigenvalue weighted by Crippen LogP contribution is -2.38. The number of rotatable bonds is 7.